The van der Waals surface area contributed by atoms with Crippen molar-refractivity contribution in [3.05, 3.63) is 24.5 Å². The van der Waals surface area contributed by atoms with Crippen LogP contribution in [0.5, 0.6) is 5.75 Å². The van der Waals surface area contributed by atoms with E-state index in [1.165, 1.54) is 12.8 Å². The fourth-order valence-electron chi connectivity index (χ4n) is 1.81. The minimum absolute atomic E-state index is 0.475. The van der Waals surface area contributed by atoms with Gasteiger partial charge in [0.2, 0.25) is 0 Å². The molecule has 2 heterocycles. The van der Waals surface area contributed by atoms with Crippen LogP contribution in [0, 0.1) is 0 Å². The molecule has 15 heavy (non-hydrogen) atoms. The number of hydrogen-bond acceptors (Lipinski definition) is 3. The standard InChI is InChI=1S/C12H17NO2/c1-4-12(10-13-7-1)15-9-3-6-11-5-2-8-14-11/h1,4,7,10-11H,2-3,5-6,8-9H2. The number of pyridine rings is 1. The number of hydrogen-bond donors (Lipinski definition) is 0. The van der Waals surface area contributed by atoms with Crippen molar-refractivity contribution < 1.29 is 9.47 Å². The van der Waals surface area contributed by atoms with Crippen LogP contribution in [-0.4, -0.2) is 24.3 Å². The summed E-state index contributed by atoms with van der Waals surface area (Å²) in [6.07, 6.45) is 8.56. The molecule has 1 aliphatic heterocycles. The molecule has 1 fully saturated rings. The molecule has 3 nitrogen and oxygen atoms in total. The van der Waals surface area contributed by atoms with Crippen molar-refractivity contribution in [2.24, 2.45) is 0 Å². The van der Waals surface area contributed by atoms with E-state index in [0.717, 1.165) is 31.8 Å². The van der Waals surface area contributed by atoms with Crippen LogP contribution in [-0.2, 0) is 4.74 Å². The maximum Gasteiger partial charge on any atom is 0.137 e. The molecule has 0 saturated carbocycles. The van der Waals surface area contributed by atoms with Crippen LogP contribution in [0.3, 0.4) is 0 Å². The lowest BCUT2D eigenvalue weighted by molar-refractivity contribution is 0.0981. The summed E-state index contributed by atoms with van der Waals surface area (Å²) >= 11 is 0. The molecule has 1 aromatic heterocycles. The first-order chi connectivity index (χ1) is 7.45. The molecule has 0 aliphatic carbocycles. The monoisotopic (exact) mass is 207 g/mol. The van der Waals surface area contributed by atoms with Crippen molar-refractivity contribution >= 4 is 0 Å². The molecule has 3 heteroatoms. The second-order valence-electron chi connectivity index (χ2n) is 3.81. The molecule has 0 N–H and O–H groups in total. The second kappa shape index (κ2) is 5.71. The molecule has 0 bridgehead atoms. The average Bonchev–Trinajstić information content (AvgIpc) is 2.79. The molecule has 0 aromatic carbocycles. The Morgan fingerprint density at radius 2 is 2.53 bits per heavy atom. The summed E-state index contributed by atoms with van der Waals surface area (Å²) < 4.78 is 11.1. The zero-order valence-corrected chi connectivity index (χ0v) is 8.89. The van der Waals surface area contributed by atoms with E-state index < -0.39 is 0 Å². The zero-order valence-electron chi connectivity index (χ0n) is 8.89. The van der Waals surface area contributed by atoms with Crippen molar-refractivity contribution in [1.29, 1.82) is 0 Å². The summed E-state index contributed by atoms with van der Waals surface area (Å²) in [5.74, 6) is 0.852. The Morgan fingerprint density at radius 3 is 3.27 bits per heavy atom. The summed E-state index contributed by atoms with van der Waals surface area (Å²) in [7, 11) is 0. The van der Waals surface area contributed by atoms with Crippen LogP contribution in [0.4, 0.5) is 0 Å². The van der Waals surface area contributed by atoms with Crippen LogP contribution in [0.1, 0.15) is 25.7 Å². The molecule has 1 saturated heterocycles. The summed E-state index contributed by atoms with van der Waals surface area (Å²) in [5, 5.41) is 0. The van der Waals surface area contributed by atoms with Gasteiger partial charge in [-0.15, -0.1) is 0 Å². The van der Waals surface area contributed by atoms with Gasteiger partial charge in [0.25, 0.3) is 0 Å². The maximum absolute atomic E-state index is 5.55. The van der Waals surface area contributed by atoms with Gasteiger partial charge >= 0.3 is 0 Å². The van der Waals surface area contributed by atoms with E-state index in [1.54, 1.807) is 12.4 Å². The highest BCUT2D eigenvalue weighted by atomic mass is 16.5. The fourth-order valence-corrected chi connectivity index (χ4v) is 1.81. The maximum atomic E-state index is 5.55. The van der Waals surface area contributed by atoms with E-state index >= 15 is 0 Å². The summed E-state index contributed by atoms with van der Waals surface area (Å²) in [6, 6.07) is 3.81. The lowest BCUT2D eigenvalue weighted by atomic mass is 10.1. The van der Waals surface area contributed by atoms with Crippen LogP contribution >= 0.6 is 0 Å². The molecule has 0 radical (unpaired) electrons. The molecule has 1 aliphatic rings. The molecular weight excluding hydrogens is 190 g/mol. The van der Waals surface area contributed by atoms with Gasteiger partial charge in [0.05, 0.1) is 18.9 Å². The SMILES string of the molecule is c1cncc(OCCCC2CCCO2)c1. The van der Waals surface area contributed by atoms with Crippen LogP contribution in [0.2, 0.25) is 0 Å². The van der Waals surface area contributed by atoms with E-state index in [9.17, 15) is 0 Å². The molecule has 0 amide bonds. The Morgan fingerprint density at radius 1 is 1.53 bits per heavy atom. The van der Waals surface area contributed by atoms with E-state index in [1.807, 2.05) is 12.1 Å². The summed E-state index contributed by atoms with van der Waals surface area (Å²) in [5.41, 5.74) is 0. The van der Waals surface area contributed by atoms with Gasteiger partial charge in [-0.05, 0) is 37.8 Å². The lowest BCUT2D eigenvalue weighted by Crippen LogP contribution is -2.07. The normalized spacial score (nSPS) is 20.4. The highest BCUT2D eigenvalue weighted by Gasteiger charge is 2.14. The quantitative estimate of drug-likeness (QED) is 0.695. The minimum Gasteiger partial charge on any atom is -0.492 e. The van der Waals surface area contributed by atoms with Crippen LogP contribution < -0.4 is 4.74 Å². The lowest BCUT2D eigenvalue weighted by Gasteiger charge is -2.09. The topological polar surface area (TPSA) is 31.4 Å². The predicted octanol–water partition coefficient (Wildman–Crippen LogP) is 2.42. The molecule has 0 spiro atoms. The van der Waals surface area contributed by atoms with Crippen molar-refractivity contribution in [1.82, 2.24) is 4.98 Å². The van der Waals surface area contributed by atoms with Crippen LogP contribution in [0.15, 0.2) is 24.5 Å². The Labute approximate surface area is 90.4 Å². The fraction of sp³-hybridized carbons (Fsp3) is 0.583. The molecular formula is C12H17NO2. The molecule has 1 aromatic rings. The van der Waals surface area contributed by atoms with Crippen molar-refractivity contribution in [3.63, 3.8) is 0 Å². The van der Waals surface area contributed by atoms with E-state index in [2.05, 4.69) is 4.98 Å². The Balaban J connectivity index is 1.59. The zero-order chi connectivity index (χ0) is 10.3. The minimum atomic E-state index is 0.475. The second-order valence-corrected chi connectivity index (χ2v) is 3.81. The van der Waals surface area contributed by atoms with Gasteiger partial charge < -0.3 is 9.47 Å². The highest BCUT2D eigenvalue weighted by molar-refractivity contribution is 5.15. The summed E-state index contributed by atoms with van der Waals surface area (Å²) in [6.45, 7) is 1.69. The van der Waals surface area contributed by atoms with Gasteiger partial charge in [-0.3, -0.25) is 4.98 Å². The number of aromatic nitrogens is 1. The molecule has 2 rings (SSSR count). The Hall–Kier alpha value is -1.09. The van der Waals surface area contributed by atoms with E-state index in [0.29, 0.717) is 6.10 Å². The van der Waals surface area contributed by atoms with Gasteiger partial charge in [-0.2, -0.15) is 0 Å². The first-order valence-electron chi connectivity index (χ1n) is 5.59. The molecule has 1 atom stereocenters. The summed E-state index contributed by atoms with van der Waals surface area (Å²) in [4.78, 5) is 3.99. The number of nitrogens with zero attached hydrogens (tertiary/aromatic N) is 1. The van der Waals surface area contributed by atoms with Gasteiger partial charge in [0, 0.05) is 12.8 Å². The van der Waals surface area contributed by atoms with Crippen molar-refractivity contribution in [3.8, 4) is 5.75 Å². The first kappa shape index (κ1) is 10.4. The van der Waals surface area contributed by atoms with Crippen molar-refractivity contribution in [2.75, 3.05) is 13.2 Å². The third kappa shape index (κ3) is 3.51. The largest absolute Gasteiger partial charge is 0.492 e. The number of ether oxygens (including phenoxy) is 2. The predicted molar refractivity (Wildman–Crippen MR) is 57.9 cm³/mol. The van der Waals surface area contributed by atoms with Crippen molar-refractivity contribution in [2.45, 2.75) is 31.8 Å². The van der Waals surface area contributed by atoms with E-state index in [-0.39, 0.29) is 0 Å². The third-order valence-corrected chi connectivity index (χ3v) is 2.60. The third-order valence-electron chi connectivity index (χ3n) is 2.60. The Bertz CT molecular complexity index is 270. The van der Waals surface area contributed by atoms with Gasteiger partial charge in [0.15, 0.2) is 0 Å². The molecule has 1 unspecified atom stereocenters. The first-order valence-corrected chi connectivity index (χ1v) is 5.59. The van der Waals surface area contributed by atoms with Crippen LogP contribution in [0.25, 0.3) is 0 Å². The van der Waals surface area contributed by atoms with Gasteiger partial charge in [-0.1, -0.05) is 0 Å². The Kier molecular flexibility index (Phi) is 3.97. The van der Waals surface area contributed by atoms with E-state index in [4.69, 9.17) is 9.47 Å². The molecule has 82 valence electrons. The smallest absolute Gasteiger partial charge is 0.137 e. The number of rotatable bonds is 5. The van der Waals surface area contributed by atoms with Gasteiger partial charge in [-0.25, -0.2) is 0 Å². The average molecular weight is 207 g/mol. The van der Waals surface area contributed by atoms with Gasteiger partial charge in [0.1, 0.15) is 5.75 Å². The highest BCUT2D eigenvalue weighted by Crippen LogP contribution is 2.17.